The summed E-state index contributed by atoms with van der Waals surface area (Å²) in [5, 5.41) is 3.28. The minimum Gasteiger partial charge on any atom is -0.340 e. The first-order chi connectivity index (χ1) is 9.33. The van der Waals surface area contributed by atoms with Crippen LogP contribution in [0.4, 0.5) is 5.95 Å². The van der Waals surface area contributed by atoms with Crippen LogP contribution in [0, 0.1) is 0 Å². The maximum Gasteiger partial charge on any atom is 0.252 e. The lowest BCUT2D eigenvalue weighted by Gasteiger charge is -2.27. The van der Waals surface area contributed by atoms with Gasteiger partial charge in [0.2, 0.25) is 5.95 Å². The summed E-state index contributed by atoms with van der Waals surface area (Å²) in [6.45, 7) is 3.56. The second-order valence-electron chi connectivity index (χ2n) is 4.56. The van der Waals surface area contributed by atoms with Crippen LogP contribution in [0.5, 0.6) is 0 Å². The molecule has 1 aliphatic heterocycles. The summed E-state index contributed by atoms with van der Waals surface area (Å²) < 4.78 is 0. The zero-order valence-electron chi connectivity index (χ0n) is 11.4. The van der Waals surface area contributed by atoms with E-state index in [-0.39, 0.29) is 30.4 Å². The second kappa shape index (κ2) is 8.02. The summed E-state index contributed by atoms with van der Waals surface area (Å²) in [7, 11) is 0. The van der Waals surface area contributed by atoms with Gasteiger partial charge in [0.1, 0.15) is 0 Å². The molecular weight excluding hydrogens is 311 g/mol. The molecule has 7 heteroatoms. The van der Waals surface area contributed by atoms with E-state index in [1.807, 2.05) is 30.3 Å². The normalized spacial score (nSPS) is 14.0. The van der Waals surface area contributed by atoms with Gasteiger partial charge in [-0.25, -0.2) is 4.98 Å². The minimum absolute atomic E-state index is 0. The number of H-pyrrole nitrogens is 1. The van der Waals surface area contributed by atoms with Gasteiger partial charge < -0.3 is 10.2 Å². The predicted molar refractivity (Wildman–Crippen MR) is 89.9 cm³/mol. The number of aromatic nitrogens is 2. The molecule has 1 aliphatic rings. The Balaban J connectivity index is 0.00000110. The number of nitrogens with zero attached hydrogens (tertiary/aromatic N) is 2. The third-order valence-corrected chi connectivity index (χ3v) is 3.22. The molecule has 2 heterocycles. The number of benzene rings is 1. The van der Waals surface area contributed by atoms with Gasteiger partial charge >= 0.3 is 0 Å². The molecule has 1 saturated heterocycles. The lowest BCUT2D eigenvalue weighted by atomic mass is 10.1. The first-order valence-corrected chi connectivity index (χ1v) is 6.45. The van der Waals surface area contributed by atoms with Crippen molar-refractivity contribution < 1.29 is 0 Å². The number of nitrogens with one attached hydrogen (secondary N) is 2. The molecule has 5 nitrogen and oxygen atoms in total. The number of anilines is 1. The molecule has 0 amide bonds. The summed E-state index contributed by atoms with van der Waals surface area (Å²) in [5.41, 5.74) is 1.57. The maximum atomic E-state index is 11.8. The topological polar surface area (TPSA) is 61.0 Å². The van der Waals surface area contributed by atoms with Crippen LogP contribution in [-0.4, -0.2) is 36.1 Å². The fourth-order valence-electron chi connectivity index (χ4n) is 2.23. The zero-order valence-corrected chi connectivity index (χ0v) is 13.0. The number of halogens is 2. The second-order valence-corrected chi connectivity index (χ2v) is 4.56. The number of hydrogen-bond acceptors (Lipinski definition) is 4. The van der Waals surface area contributed by atoms with E-state index in [0.29, 0.717) is 5.95 Å². The highest BCUT2D eigenvalue weighted by Crippen LogP contribution is 2.17. The molecule has 0 spiro atoms. The van der Waals surface area contributed by atoms with Gasteiger partial charge in [-0.05, 0) is 0 Å². The van der Waals surface area contributed by atoms with Crippen LogP contribution in [0.2, 0.25) is 0 Å². The quantitative estimate of drug-likeness (QED) is 0.880. The van der Waals surface area contributed by atoms with Crippen LogP contribution in [0.1, 0.15) is 0 Å². The standard InChI is InChI=1S/C14H16N4O.2ClH/c19-13-10-12(11-4-2-1-3-5-11)16-14(17-13)18-8-6-15-7-9-18;;/h1-5,10,15H,6-9H2,(H,16,17,19);2*1H. The van der Waals surface area contributed by atoms with Gasteiger partial charge in [-0.3, -0.25) is 9.78 Å². The number of rotatable bonds is 2. The first-order valence-electron chi connectivity index (χ1n) is 6.45. The van der Waals surface area contributed by atoms with E-state index in [1.54, 1.807) is 6.07 Å². The highest BCUT2D eigenvalue weighted by molar-refractivity contribution is 5.85. The van der Waals surface area contributed by atoms with Gasteiger partial charge in [0.15, 0.2) is 0 Å². The SMILES string of the molecule is Cl.Cl.O=c1cc(-c2ccccc2)nc(N2CCNCC2)[nH]1. The Bertz CT molecular complexity index is 612. The molecule has 0 aliphatic carbocycles. The predicted octanol–water partition coefficient (Wildman–Crippen LogP) is 1.69. The van der Waals surface area contributed by atoms with E-state index in [2.05, 4.69) is 20.2 Å². The lowest BCUT2D eigenvalue weighted by molar-refractivity contribution is 0.579. The van der Waals surface area contributed by atoms with E-state index >= 15 is 0 Å². The van der Waals surface area contributed by atoms with Crippen LogP contribution < -0.4 is 15.8 Å². The molecule has 2 N–H and O–H groups in total. The Morgan fingerprint density at radius 2 is 1.71 bits per heavy atom. The fraction of sp³-hybridized carbons (Fsp3) is 0.286. The fourth-order valence-corrected chi connectivity index (χ4v) is 2.23. The molecule has 1 aromatic heterocycles. The van der Waals surface area contributed by atoms with Gasteiger partial charge in [-0.2, -0.15) is 0 Å². The molecule has 0 radical (unpaired) electrons. The zero-order chi connectivity index (χ0) is 13.1. The van der Waals surface area contributed by atoms with E-state index in [0.717, 1.165) is 37.4 Å². The highest BCUT2D eigenvalue weighted by atomic mass is 35.5. The summed E-state index contributed by atoms with van der Waals surface area (Å²) in [6.07, 6.45) is 0. The largest absolute Gasteiger partial charge is 0.340 e. The third-order valence-electron chi connectivity index (χ3n) is 3.22. The van der Waals surface area contributed by atoms with Crippen molar-refractivity contribution in [2.24, 2.45) is 0 Å². The lowest BCUT2D eigenvalue weighted by Crippen LogP contribution is -2.44. The first kappa shape index (κ1) is 17.5. The molecule has 2 aromatic rings. The maximum absolute atomic E-state index is 11.8. The van der Waals surface area contributed by atoms with Crippen LogP contribution in [-0.2, 0) is 0 Å². The molecule has 0 unspecified atom stereocenters. The van der Waals surface area contributed by atoms with Gasteiger partial charge in [-0.1, -0.05) is 30.3 Å². The molecule has 114 valence electrons. The van der Waals surface area contributed by atoms with Crippen molar-refractivity contribution in [1.82, 2.24) is 15.3 Å². The Hall–Kier alpha value is -1.56. The molecule has 0 saturated carbocycles. The van der Waals surface area contributed by atoms with Crippen molar-refractivity contribution in [2.45, 2.75) is 0 Å². The van der Waals surface area contributed by atoms with Gasteiger partial charge in [0, 0.05) is 37.8 Å². The summed E-state index contributed by atoms with van der Waals surface area (Å²) in [6, 6.07) is 11.3. The molecule has 3 rings (SSSR count). The van der Waals surface area contributed by atoms with Crippen LogP contribution in [0.15, 0.2) is 41.2 Å². The van der Waals surface area contributed by atoms with Crippen molar-refractivity contribution in [2.75, 3.05) is 31.1 Å². The molecule has 1 fully saturated rings. The molecule has 0 atom stereocenters. The Kier molecular flexibility index (Phi) is 6.68. The molecule has 0 bridgehead atoms. The van der Waals surface area contributed by atoms with E-state index in [4.69, 9.17) is 0 Å². The monoisotopic (exact) mass is 328 g/mol. The Labute approximate surface area is 135 Å². The number of aromatic amines is 1. The van der Waals surface area contributed by atoms with Gasteiger partial charge in [-0.15, -0.1) is 24.8 Å². The molecule has 1 aromatic carbocycles. The van der Waals surface area contributed by atoms with E-state index in [9.17, 15) is 4.79 Å². The van der Waals surface area contributed by atoms with E-state index < -0.39 is 0 Å². The van der Waals surface area contributed by atoms with Crippen molar-refractivity contribution in [3.8, 4) is 11.3 Å². The average molecular weight is 329 g/mol. The summed E-state index contributed by atoms with van der Waals surface area (Å²) >= 11 is 0. The van der Waals surface area contributed by atoms with Crippen LogP contribution in [0.25, 0.3) is 11.3 Å². The smallest absolute Gasteiger partial charge is 0.252 e. The van der Waals surface area contributed by atoms with Crippen LogP contribution in [0.3, 0.4) is 0 Å². The van der Waals surface area contributed by atoms with Crippen molar-refractivity contribution in [1.29, 1.82) is 0 Å². The third kappa shape index (κ3) is 4.20. The highest BCUT2D eigenvalue weighted by Gasteiger charge is 2.13. The number of piperazine rings is 1. The van der Waals surface area contributed by atoms with Crippen molar-refractivity contribution in [3.05, 3.63) is 46.8 Å². The average Bonchev–Trinajstić information content (AvgIpc) is 2.48. The van der Waals surface area contributed by atoms with E-state index in [1.165, 1.54) is 0 Å². The summed E-state index contributed by atoms with van der Waals surface area (Å²) in [4.78, 5) is 21.3. The van der Waals surface area contributed by atoms with Crippen LogP contribution >= 0.6 is 24.8 Å². The Morgan fingerprint density at radius 1 is 1.05 bits per heavy atom. The van der Waals surface area contributed by atoms with Crippen molar-refractivity contribution >= 4 is 30.8 Å². The Morgan fingerprint density at radius 3 is 2.38 bits per heavy atom. The molecule has 21 heavy (non-hydrogen) atoms. The summed E-state index contributed by atoms with van der Waals surface area (Å²) in [5.74, 6) is 0.660. The van der Waals surface area contributed by atoms with Gasteiger partial charge in [0.25, 0.3) is 5.56 Å². The molecular formula is C14H18Cl2N4O. The van der Waals surface area contributed by atoms with Gasteiger partial charge in [0.05, 0.1) is 5.69 Å². The number of hydrogen-bond donors (Lipinski definition) is 2. The minimum atomic E-state index is -0.109. The van der Waals surface area contributed by atoms with Crippen molar-refractivity contribution in [3.63, 3.8) is 0 Å².